The first-order valence-electron chi connectivity index (χ1n) is 4.00. The Balaban J connectivity index is 0.00000144. The molecule has 2 amide bonds. The van der Waals surface area contributed by atoms with Crippen molar-refractivity contribution < 1.29 is 9.59 Å². The van der Waals surface area contributed by atoms with Gasteiger partial charge in [-0.2, -0.15) is 0 Å². The molecule has 0 bridgehead atoms. The highest BCUT2D eigenvalue weighted by atomic mass is 16.2. The van der Waals surface area contributed by atoms with E-state index in [1.54, 1.807) is 4.90 Å². The van der Waals surface area contributed by atoms with Gasteiger partial charge in [0, 0.05) is 26.2 Å². The minimum atomic E-state index is -0.0106. The lowest BCUT2D eigenvalue weighted by Gasteiger charge is -2.27. The van der Waals surface area contributed by atoms with Crippen LogP contribution >= 0.6 is 0 Å². The molecule has 76 valence electrons. The molecule has 1 saturated heterocycles. The Kier molecular flexibility index (Phi) is 5.88. The molecule has 5 heteroatoms. The van der Waals surface area contributed by atoms with Crippen LogP contribution in [0.3, 0.4) is 0 Å². The van der Waals surface area contributed by atoms with Crippen LogP contribution in [0, 0.1) is 0 Å². The largest absolute Gasteiger partial charge is 0.350 e. The highest BCUT2D eigenvalue weighted by molar-refractivity contribution is 5.80. The molecule has 0 saturated carbocycles. The summed E-state index contributed by atoms with van der Waals surface area (Å²) in [6.07, 6.45) is 0.542. The Morgan fingerprint density at radius 1 is 1.46 bits per heavy atom. The number of carbonyl (C=O) groups is 2. The summed E-state index contributed by atoms with van der Waals surface area (Å²) >= 11 is 0. The Morgan fingerprint density at radius 3 is 2.62 bits per heavy atom. The Labute approximate surface area is 78.5 Å². The van der Waals surface area contributed by atoms with Crippen molar-refractivity contribution in [3.63, 3.8) is 0 Å². The number of carbonyl (C=O) groups excluding carboxylic acids is 2. The molecular weight excluding hydrogens is 170 g/mol. The number of nitrogens with zero attached hydrogens (tertiary/aromatic N) is 1. The number of rotatable bonds is 3. The molecular formula is C8H17N3O2. The van der Waals surface area contributed by atoms with Gasteiger partial charge in [0.05, 0.1) is 6.54 Å². The van der Waals surface area contributed by atoms with Crippen LogP contribution < -0.4 is 10.6 Å². The van der Waals surface area contributed by atoms with Gasteiger partial charge in [-0.15, -0.1) is 0 Å². The first kappa shape index (κ1) is 11.9. The summed E-state index contributed by atoms with van der Waals surface area (Å²) in [5.74, 6) is -0.0106. The average molecular weight is 187 g/mol. The lowest BCUT2D eigenvalue weighted by molar-refractivity contribution is -0.131. The fourth-order valence-electron chi connectivity index (χ4n) is 1.16. The van der Waals surface area contributed by atoms with E-state index in [0.717, 1.165) is 26.2 Å². The molecule has 0 radical (unpaired) electrons. The molecule has 0 aromatic carbocycles. The summed E-state index contributed by atoms with van der Waals surface area (Å²) in [5.41, 5.74) is 0. The van der Waals surface area contributed by atoms with Crippen LogP contribution in [0.5, 0.6) is 0 Å². The molecule has 0 aromatic heterocycles. The van der Waals surface area contributed by atoms with E-state index in [1.807, 2.05) is 0 Å². The zero-order chi connectivity index (χ0) is 8.81. The van der Waals surface area contributed by atoms with Crippen LogP contribution in [-0.4, -0.2) is 49.9 Å². The van der Waals surface area contributed by atoms with Crippen molar-refractivity contribution in [1.82, 2.24) is 15.5 Å². The number of amides is 2. The Hall–Kier alpha value is -1.10. The van der Waals surface area contributed by atoms with Crippen molar-refractivity contribution >= 4 is 12.3 Å². The van der Waals surface area contributed by atoms with Gasteiger partial charge in [0.1, 0.15) is 0 Å². The van der Waals surface area contributed by atoms with Crippen molar-refractivity contribution in [2.24, 2.45) is 0 Å². The third-order valence-electron chi connectivity index (χ3n) is 1.81. The Morgan fingerprint density at radius 2 is 2.08 bits per heavy atom. The van der Waals surface area contributed by atoms with Gasteiger partial charge in [-0.3, -0.25) is 9.59 Å². The lowest BCUT2D eigenvalue weighted by atomic mass is 10.3. The molecule has 1 heterocycles. The molecule has 1 aliphatic heterocycles. The van der Waals surface area contributed by atoms with E-state index in [-0.39, 0.29) is 19.9 Å². The molecule has 0 aliphatic carbocycles. The lowest BCUT2D eigenvalue weighted by Crippen LogP contribution is -2.48. The monoisotopic (exact) mass is 187 g/mol. The van der Waals surface area contributed by atoms with E-state index in [0.29, 0.717) is 6.41 Å². The molecule has 0 unspecified atom stereocenters. The first-order chi connectivity index (χ1) is 5.84. The van der Waals surface area contributed by atoms with Crippen LogP contribution in [0.2, 0.25) is 0 Å². The maximum atomic E-state index is 11.2. The quantitative estimate of drug-likeness (QED) is 0.546. The number of piperazine rings is 1. The maximum absolute atomic E-state index is 11.2. The summed E-state index contributed by atoms with van der Waals surface area (Å²) in [7, 11) is 0. The molecule has 0 spiro atoms. The molecule has 1 rings (SSSR count). The van der Waals surface area contributed by atoms with Crippen molar-refractivity contribution in [2.75, 3.05) is 32.7 Å². The maximum Gasteiger partial charge on any atom is 0.242 e. The van der Waals surface area contributed by atoms with Gasteiger partial charge in [0.25, 0.3) is 0 Å². The predicted octanol–water partition coefficient (Wildman–Crippen LogP) is -1.20. The van der Waals surface area contributed by atoms with Gasteiger partial charge in [-0.1, -0.05) is 7.43 Å². The smallest absolute Gasteiger partial charge is 0.242 e. The summed E-state index contributed by atoms with van der Waals surface area (Å²) in [4.78, 5) is 22.9. The fraction of sp³-hybridized carbons (Fsp3) is 0.750. The Bertz CT molecular complexity index is 167. The standard InChI is InChI=1S/C7H13N3O2.CH4/c11-6-9-5-7(12)10-3-1-8-2-4-10;/h6,8H,1-5H2,(H,9,11);1H4. The molecule has 1 fully saturated rings. The molecule has 5 nitrogen and oxygen atoms in total. The second kappa shape index (κ2) is 6.42. The van der Waals surface area contributed by atoms with Crippen LogP contribution in [0.25, 0.3) is 0 Å². The summed E-state index contributed by atoms with van der Waals surface area (Å²) < 4.78 is 0. The van der Waals surface area contributed by atoms with Crippen LogP contribution in [0.15, 0.2) is 0 Å². The first-order valence-corrected chi connectivity index (χ1v) is 4.00. The van der Waals surface area contributed by atoms with E-state index in [9.17, 15) is 9.59 Å². The van der Waals surface area contributed by atoms with Gasteiger partial charge in [0.2, 0.25) is 12.3 Å². The minimum Gasteiger partial charge on any atom is -0.350 e. The second-order valence-corrected chi connectivity index (χ2v) is 2.63. The van der Waals surface area contributed by atoms with Crippen molar-refractivity contribution in [1.29, 1.82) is 0 Å². The van der Waals surface area contributed by atoms with Crippen LogP contribution in [0.4, 0.5) is 0 Å². The summed E-state index contributed by atoms with van der Waals surface area (Å²) in [6.45, 7) is 3.27. The zero-order valence-corrected chi connectivity index (χ0v) is 6.88. The van der Waals surface area contributed by atoms with Gasteiger partial charge >= 0.3 is 0 Å². The average Bonchev–Trinajstić information content (AvgIpc) is 2.15. The van der Waals surface area contributed by atoms with Crippen molar-refractivity contribution in [3.05, 3.63) is 0 Å². The van der Waals surface area contributed by atoms with E-state index < -0.39 is 0 Å². The number of hydrogen-bond acceptors (Lipinski definition) is 3. The topological polar surface area (TPSA) is 61.4 Å². The SMILES string of the molecule is C.O=CNCC(=O)N1CCNCC1. The third kappa shape index (κ3) is 3.89. The van der Waals surface area contributed by atoms with Gasteiger partial charge < -0.3 is 15.5 Å². The highest BCUT2D eigenvalue weighted by Gasteiger charge is 2.14. The summed E-state index contributed by atoms with van der Waals surface area (Å²) in [5, 5.41) is 5.49. The normalized spacial score (nSPS) is 15.8. The predicted molar refractivity (Wildman–Crippen MR) is 50.2 cm³/mol. The van der Waals surface area contributed by atoms with Crippen LogP contribution in [0.1, 0.15) is 7.43 Å². The third-order valence-corrected chi connectivity index (χ3v) is 1.81. The van der Waals surface area contributed by atoms with Crippen molar-refractivity contribution in [2.45, 2.75) is 7.43 Å². The minimum absolute atomic E-state index is 0. The summed E-state index contributed by atoms with van der Waals surface area (Å²) in [6, 6.07) is 0. The molecule has 2 N–H and O–H groups in total. The van der Waals surface area contributed by atoms with E-state index in [4.69, 9.17) is 0 Å². The zero-order valence-electron chi connectivity index (χ0n) is 6.88. The fourth-order valence-corrected chi connectivity index (χ4v) is 1.16. The van der Waals surface area contributed by atoms with E-state index in [2.05, 4.69) is 10.6 Å². The highest BCUT2D eigenvalue weighted by Crippen LogP contribution is 1.91. The van der Waals surface area contributed by atoms with Gasteiger partial charge in [-0.25, -0.2) is 0 Å². The van der Waals surface area contributed by atoms with Crippen LogP contribution in [-0.2, 0) is 9.59 Å². The van der Waals surface area contributed by atoms with E-state index in [1.165, 1.54) is 0 Å². The van der Waals surface area contributed by atoms with Crippen molar-refractivity contribution in [3.8, 4) is 0 Å². The molecule has 0 aromatic rings. The van der Waals surface area contributed by atoms with E-state index >= 15 is 0 Å². The number of nitrogens with one attached hydrogen (secondary N) is 2. The van der Waals surface area contributed by atoms with Gasteiger partial charge in [-0.05, 0) is 0 Å². The second-order valence-electron chi connectivity index (χ2n) is 2.63. The molecule has 13 heavy (non-hydrogen) atoms. The van der Waals surface area contributed by atoms with Gasteiger partial charge in [0.15, 0.2) is 0 Å². The number of hydrogen-bond donors (Lipinski definition) is 2. The molecule has 1 aliphatic rings. The molecule has 0 atom stereocenters.